The highest BCUT2D eigenvalue weighted by Crippen LogP contribution is 2.25. The highest BCUT2D eigenvalue weighted by molar-refractivity contribution is 5.68. The maximum Gasteiger partial charge on any atom is 0.0717 e. The third-order valence-electron chi connectivity index (χ3n) is 1.06. The van der Waals surface area contributed by atoms with Gasteiger partial charge >= 0.3 is 0 Å². The van der Waals surface area contributed by atoms with E-state index in [2.05, 4.69) is 11.1 Å². The minimum Gasteiger partial charge on any atom is -0.331 e. The molecular formula is C7H10N2. The summed E-state index contributed by atoms with van der Waals surface area (Å²) < 4.78 is 0. The fourth-order valence-corrected chi connectivity index (χ4v) is 0.554. The fourth-order valence-electron chi connectivity index (χ4n) is 0.554. The van der Waals surface area contributed by atoms with Crippen molar-refractivity contribution in [2.24, 2.45) is 5.73 Å². The number of aromatic nitrogens is 1. The van der Waals surface area contributed by atoms with Gasteiger partial charge < -0.3 is 5.73 Å². The summed E-state index contributed by atoms with van der Waals surface area (Å²) in [6.45, 7) is 2.65. The molecule has 0 aromatic rings. The number of rotatable bonds is 0. The van der Waals surface area contributed by atoms with E-state index in [-0.39, 0.29) is 0 Å². The lowest BCUT2D eigenvalue weighted by Crippen LogP contribution is -1.92. The summed E-state index contributed by atoms with van der Waals surface area (Å²) in [6.07, 6.45) is 1.87. The van der Waals surface area contributed by atoms with E-state index in [1.54, 1.807) is 0 Å². The number of nitrogens with zero attached hydrogens (tertiary/aromatic N) is 1. The zero-order valence-electron chi connectivity index (χ0n) is 5.46. The Morgan fingerprint density at radius 1 is 1.56 bits per heavy atom. The van der Waals surface area contributed by atoms with Crippen LogP contribution in [0.15, 0.2) is 18.3 Å². The number of hydrogen-bond acceptors (Lipinski definition) is 2. The van der Waals surface area contributed by atoms with Crippen LogP contribution in [0.3, 0.4) is 0 Å². The Bertz CT molecular complexity index is 158. The minimum atomic E-state index is 0.750. The molecule has 0 saturated carbocycles. The molecule has 0 aromatic carbocycles. The molecule has 1 aliphatic heterocycles. The smallest absolute Gasteiger partial charge is 0.0717 e. The Morgan fingerprint density at radius 2 is 2.11 bits per heavy atom. The van der Waals surface area contributed by atoms with E-state index in [4.69, 9.17) is 5.73 Å². The Balaban J connectivity index is 0.000000120. The van der Waals surface area contributed by atoms with Crippen molar-refractivity contribution in [2.45, 2.75) is 6.92 Å². The molecule has 48 valence electrons. The van der Waals surface area contributed by atoms with E-state index in [1.807, 2.05) is 19.2 Å². The lowest BCUT2D eigenvalue weighted by molar-refractivity contribution is 1.14. The molecule has 2 rings (SSSR count). The number of hydrogen-bond donors (Lipinski definition) is 1. The first kappa shape index (κ1) is 6.23. The normalized spacial score (nSPS) is 9.56. The summed E-state index contributed by atoms with van der Waals surface area (Å²) in [5.74, 6) is 0. The van der Waals surface area contributed by atoms with Crippen molar-refractivity contribution in [3.8, 4) is 11.3 Å². The Labute approximate surface area is 54.7 Å². The third kappa shape index (κ3) is 1.08. The van der Waals surface area contributed by atoms with Gasteiger partial charge in [-0.2, -0.15) is 0 Å². The van der Waals surface area contributed by atoms with Crippen LogP contribution in [-0.2, 0) is 0 Å². The SMILES string of the molecule is CCN.c1cc2ncc1-2. The molecule has 0 atom stereocenters. The molecule has 0 radical (unpaired) electrons. The number of pyridine rings is 1. The number of nitrogens with two attached hydrogens (primary N) is 1. The molecule has 0 unspecified atom stereocenters. The summed E-state index contributed by atoms with van der Waals surface area (Å²) >= 11 is 0. The largest absolute Gasteiger partial charge is 0.331 e. The molecule has 0 saturated heterocycles. The summed E-state index contributed by atoms with van der Waals surface area (Å²) in [6, 6.07) is 4.07. The first-order valence-electron chi connectivity index (χ1n) is 3.05. The van der Waals surface area contributed by atoms with Crippen molar-refractivity contribution in [3.05, 3.63) is 18.3 Å². The Hall–Kier alpha value is -0.890. The second-order valence-electron chi connectivity index (χ2n) is 1.84. The summed E-state index contributed by atoms with van der Waals surface area (Å²) in [5.41, 5.74) is 7.34. The second-order valence-corrected chi connectivity index (χ2v) is 1.84. The standard InChI is InChI=1S/C5H3N.C2H7N/c1-2-5-4(1)3-6-5;1-2-3/h1-3H;2-3H2,1H3. The molecule has 0 bridgehead atoms. The Morgan fingerprint density at radius 3 is 2.11 bits per heavy atom. The summed E-state index contributed by atoms with van der Waals surface area (Å²) in [7, 11) is 0. The average molecular weight is 122 g/mol. The van der Waals surface area contributed by atoms with Crippen LogP contribution in [0, 0.1) is 0 Å². The van der Waals surface area contributed by atoms with Crippen LogP contribution in [0.1, 0.15) is 6.92 Å². The van der Waals surface area contributed by atoms with E-state index in [0.717, 1.165) is 6.54 Å². The molecular weight excluding hydrogens is 112 g/mol. The zero-order valence-corrected chi connectivity index (χ0v) is 5.46. The maximum atomic E-state index is 4.85. The molecule has 0 amide bonds. The highest BCUT2D eigenvalue weighted by Gasteiger charge is 2.06. The van der Waals surface area contributed by atoms with Crippen molar-refractivity contribution in [3.63, 3.8) is 0 Å². The van der Waals surface area contributed by atoms with Gasteiger partial charge in [0.05, 0.1) is 5.69 Å². The van der Waals surface area contributed by atoms with E-state index in [0.29, 0.717) is 0 Å². The van der Waals surface area contributed by atoms with Gasteiger partial charge in [-0.15, -0.1) is 0 Å². The third-order valence-corrected chi connectivity index (χ3v) is 1.06. The van der Waals surface area contributed by atoms with Gasteiger partial charge in [-0.25, -0.2) is 0 Å². The quantitative estimate of drug-likeness (QED) is 0.566. The molecule has 2 heteroatoms. The minimum absolute atomic E-state index is 0.750. The summed E-state index contributed by atoms with van der Waals surface area (Å²) in [5, 5.41) is 0. The molecule has 2 aliphatic rings. The molecule has 2 N–H and O–H groups in total. The lowest BCUT2D eigenvalue weighted by Gasteiger charge is -2.08. The predicted octanol–water partition coefficient (Wildman–Crippen LogP) is 1.03. The van der Waals surface area contributed by atoms with Crippen LogP contribution in [0.25, 0.3) is 11.3 Å². The van der Waals surface area contributed by atoms with Crippen molar-refractivity contribution in [1.29, 1.82) is 0 Å². The number of fused-ring (bicyclic) bond motifs is 1. The van der Waals surface area contributed by atoms with E-state index in [9.17, 15) is 0 Å². The molecule has 9 heavy (non-hydrogen) atoms. The van der Waals surface area contributed by atoms with Gasteiger partial charge in [-0.3, -0.25) is 4.98 Å². The van der Waals surface area contributed by atoms with Crippen LogP contribution in [0.5, 0.6) is 0 Å². The first-order chi connectivity index (χ1) is 4.38. The molecule has 0 spiro atoms. The molecule has 1 heterocycles. The van der Waals surface area contributed by atoms with Gasteiger partial charge in [-0.05, 0) is 18.7 Å². The topological polar surface area (TPSA) is 38.9 Å². The average Bonchev–Trinajstić information content (AvgIpc) is 1.81. The van der Waals surface area contributed by atoms with Crippen LogP contribution >= 0.6 is 0 Å². The van der Waals surface area contributed by atoms with Crippen LogP contribution < -0.4 is 5.73 Å². The van der Waals surface area contributed by atoms with Crippen LogP contribution in [-0.4, -0.2) is 11.5 Å². The van der Waals surface area contributed by atoms with Gasteiger partial charge in [0.15, 0.2) is 0 Å². The van der Waals surface area contributed by atoms with Gasteiger partial charge in [0.25, 0.3) is 0 Å². The van der Waals surface area contributed by atoms with Gasteiger partial charge in [0, 0.05) is 11.8 Å². The lowest BCUT2D eigenvalue weighted by atomic mass is 10.1. The van der Waals surface area contributed by atoms with E-state index < -0.39 is 0 Å². The van der Waals surface area contributed by atoms with Crippen molar-refractivity contribution < 1.29 is 0 Å². The first-order valence-corrected chi connectivity index (χ1v) is 3.05. The van der Waals surface area contributed by atoms with Crippen molar-refractivity contribution in [1.82, 2.24) is 4.98 Å². The van der Waals surface area contributed by atoms with Crippen molar-refractivity contribution >= 4 is 0 Å². The zero-order chi connectivity index (χ0) is 6.69. The molecule has 0 aromatic heterocycles. The monoisotopic (exact) mass is 122 g/mol. The molecule has 1 aliphatic carbocycles. The maximum absolute atomic E-state index is 4.85. The summed E-state index contributed by atoms with van der Waals surface area (Å²) in [4.78, 5) is 3.91. The molecule has 0 fully saturated rings. The highest BCUT2D eigenvalue weighted by atomic mass is 14.7. The predicted molar refractivity (Wildman–Crippen MR) is 38.0 cm³/mol. The van der Waals surface area contributed by atoms with Crippen LogP contribution in [0.4, 0.5) is 0 Å². The van der Waals surface area contributed by atoms with Gasteiger partial charge in [-0.1, -0.05) is 6.92 Å². The van der Waals surface area contributed by atoms with E-state index >= 15 is 0 Å². The Kier molecular flexibility index (Phi) is 1.80. The van der Waals surface area contributed by atoms with E-state index in [1.165, 1.54) is 11.3 Å². The fraction of sp³-hybridized carbons (Fsp3) is 0.286. The second kappa shape index (κ2) is 2.60. The van der Waals surface area contributed by atoms with Crippen LogP contribution in [0.2, 0.25) is 0 Å². The van der Waals surface area contributed by atoms with Gasteiger partial charge in [0.1, 0.15) is 0 Å². The van der Waals surface area contributed by atoms with Crippen molar-refractivity contribution in [2.75, 3.05) is 6.54 Å². The molecule has 2 nitrogen and oxygen atoms in total. The van der Waals surface area contributed by atoms with Gasteiger partial charge in [0.2, 0.25) is 0 Å².